The maximum atomic E-state index is 10.3. The summed E-state index contributed by atoms with van der Waals surface area (Å²) in [5.74, 6) is 0. The molecule has 1 aromatic rings. The Balaban J connectivity index is 1.83. The molecule has 1 aromatic carbocycles. The van der Waals surface area contributed by atoms with Crippen molar-refractivity contribution in [2.75, 3.05) is 39.3 Å². The second-order valence-corrected chi connectivity index (χ2v) is 5.83. The van der Waals surface area contributed by atoms with Gasteiger partial charge in [-0.3, -0.25) is 9.80 Å². The number of nitrogens with zero attached hydrogens (tertiary/aromatic N) is 3. The molecule has 5 nitrogen and oxygen atoms in total. The molecule has 0 bridgehead atoms. The Kier molecular flexibility index (Phi) is 6.34. The first-order chi connectivity index (χ1) is 10.7. The van der Waals surface area contributed by atoms with Crippen LogP contribution in [0.5, 0.6) is 0 Å². The lowest BCUT2D eigenvalue weighted by Crippen LogP contribution is -2.51. The van der Waals surface area contributed by atoms with E-state index in [4.69, 9.17) is 5.26 Å². The molecule has 1 heterocycles. The molecule has 0 radical (unpaired) electrons. The molecule has 1 aliphatic rings. The molecular weight excluding hydrogens is 278 g/mol. The van der Waals surface area contributed by atoms with E-state index >= 15 is 0 Å². The highest BCUT2D eigenvalue weighted by Crippen LogP contribution is 2.17. The van der Waals surface area contributed by atoms with Crippen LogP contribution < -0.4 is 0 Å². The quantitative estimate of drug-likeness (QED) is 0.820. The number of benzene rings is 1. The van der Waals surface area contributed by atoms with E-state index in [1.165, 1.54) is 0 Å². The van der Waals surface area contributed by atoms with E-state index in [0.29, 0.717) is 12.1 Å². The topological polar surface area (TPSA) is 70.7 Å². The number of hydrogen-bond acceptors (Lipinski definition) is 5. The van der Waals surface area contributed by atoms with Gasteiger partial charge in [-0.15, -0.1) is 0 Å². The number of aliphatic hydroxyl groups is 2. The van der Waals surface area contributed by atoms with Crippen molar-refractivity contribution in [3.05, 3.63) is 35.4 Å². The number of hydrogen-bond donors (Lipinski definition) is 2. The maximum Gasteiger partial charge on any atom is 0.0991 e. The van der Waals surface area contributed by atoms with Crippen molar-refractivity contribution >= 4 is 0 Å². The largest absolute Gasteiger partial charge is 0.395 e. The molecule has 120 valence electrons. The number of nitriles is 1. The molecular formula is C17H25N3O2. The van der Waals surface area contributed by atoms with E-state index in [0.717, 1.165) is 38.2 Å². The zero-order valence-corrected chi connectivity index (χ0v) is 13.1. The van der Waals surface area contributed by atoms with Crippen molar-refractivity contribution in [3.8, 4) is 6.07 Å². The average molecular weight is 303 g/mol. The van der Waals surface area contributed by atoms with Gasteiger partial charge in [0, 0.05) is 38.8 Å². The van der Waals surface area contributed by atoms with Gasteiger partial charge in [0.1, 0.15) is 0 Å². The predicted molar refractivity (Wildman–Crippen MR) is 85.3 cm³/mol. The standard InChI is InChI=1S/C17H25N3O2/c1-2-16(13-21)20-9-7-19(8-10-20)12-17(22)15-5-3-14(11-18)4-6-15/h3-6,16-17,21-22H,2,7-10,12-13H2,1H3. The normalized spacial score (nSPS) is 19.5. The highest BCUT2D eigenvalue weighted by atomic mass is 16.3. The first kappa shape index (κ1) is 16.9. The second kappa shape index (κ2) is 8.25. The first-order valence-corrected chi connectivity index (χ1v) is 7.93. The maximum absolute atomic E-state index is 10.3. The molecule has 1 saturated heterocycles. The third-order valence-electron chi connectivity index (χ3n) is 4.46. The van der Waals surface area contributed by atoms with E-state index in [9.17, 15) is 10.2 Å². The minimum absolute atomic E-state index is 0.213. The van der Waals surface area contributed by atoms with Crippen LogP contribution in [0, 0.1) is 11.3 Å². The molecule has 0 saturated carbocycles. The van der Waals surface area contributed by atoms with Crippen molar-refractivity contribution in [3.63, 3.8) is 0 Å². The molecule has 5 heteroatoms. The summed E-state index contributed by atoms with van der Waals surface area (Å²) in [5, 5.41) is 28.5. The van der Waals surface area contributed by atoms with Crippen LogP contribution in [0.3, 0.4) is 0 Å². The van der Waals surface area contributed by atoms with E-state index in [-0.39, 0.29) is 12.6 Å². The van der Waals surface area contributed by atoms with Gasteiger partial charge in [-0.25, -0.2) is 0 Å². The third kappa shape index (κ3) is 4.28. The lowest BCUT2D eigenvalue weighted by molar-refractivity contribution is 0.0394. The molecule has 0 aliphatic carbocycles. The predicted octanol–water partition coefficient (Wildman–Crippen LogP) is 0.980. The van der Waals surface area contributed by atoms with Gasteiger partial charge in [-0.1, -0.05) is 19.1 Å². The molecule has 0 spiro atoms. The SMILES string of the molecule is CCC(CO)N1CCN(CC(O)c2ccc(C#N)cc2)CC1. The first-order valence-electron chi connectivity index (χ1n) is 7.93. The van der Waals surface area contributed by atoms with Gasteiger partial charge in [0.2, 0.25) is 0 Å². The molecule has 1 fully saturated rings. The van der Waals surface area contributed by atoms with Crippen LogP contribution in [-0.2, 0) is 0 Å². The summed E-state index contributed by atoms with van der Waals surface area (Å²) in [6.07, 6.45) is 0.434. The van der Waals surface area contributed by atoms with Crippen LogP contribution in [0.2, 0.25) is 0 Å². The number of β-amino-alcohol motifs (C(OH)–C–C–N with tert-alkyl or cyclic N) is 1. The fourth-order valence-electron chi connectivity index (χ4n) is 2.94. The average Bonchev–Trinajstić information content (AvgIpc) is 2.57. The Morgan fingerprint density at radius 3 is 2.32 bits per heavy atom. The van der Waals surface area contributed by atoms with Crippen LogP contribution in [0.1, 0.15) is 30.6 Å². The van der Waals surface area contributed by atoms with Gasteiger partial charge in [0.25, 0.3) is 0 Å². The number of aliphatic hydroxyl groups excluding tert-OH is 2. The van der Waals surface area contributed by atoms with Crippen molar-refractivity contribution in [2.45, 2.75) is 25.5 Å². The van der Waals surface area contributed by atoms with Crippen molar-refractivity contribution < 1.29 is 10.2 Å². The van der Waals surface area contributed by atoms with Gasteiger partial charge in [-0.2, -0.15) is 5.26 Å². The Morgan fingerprint density at radius 1 is 1.18 bits per heavy atom. The van der Waals surface area contributed by atoms with Crippen LogP contribution >= 0.6 is 0 Å². The molecule has 2 unspecified atom stereocenters. The van der Waals surface area contributed by atoms with Gasteiger partial charge < -0.3 is 10.2 Å². The monoisotopic (exact) mass is 303 g/mol. The molecule has 0 aromatic heterocycles. The zero-order chi connectivity index (χ0) is 15.9. The summed E-state index contributed by atoms with van der Waals surface area (Å²) in [6, 6.07) is 9.45. The number of rotatable bonds is 6. The summed E-state index contributed by atoms with van der Waals surface area (Å²) < 4.78 is 0. The van der Waals surface area contributed by atoms with Gasteiger partial charge >= 0.3 is 0 Å². The second-order valence-electron chi connectivity index (χ2n) is 5.83. The summed E-state index contributed by atoms with van der Waals surface area (Å²) >= 11 is 0. The summed E-state index contributed by atoms with van der Waals surface area (Å²) in [6.45, 7) is 6.59. The van der Waals surface area contributed by atoms with E-state index < -0.39 is 6.10 Å². The molecule has 2 rings (SSSR count). The molecule has 1 aliphatic heterocycles. The fraction of sp³-hybridized carbons (Fsp3) is 0.588. The van der Waals surface area contributed by atoms with Crippen LogP contribution in [0.15, 0.2) is 24.3 Å². The summed E-state index contributed by atoms with van der Waals surface area (Å²) in [4.78, 5) is 4.58. The molecule has 2 atom stereocenters. The van der Waals surface area contributed by atoms with Crippen molar-refractivity contribution in [1.29, 1.82) is 5.26 Å². The molecule has 2 N–H and O–H groups in total. The third-order valence-corrected chi connectivity index (χ3v) is 4.46. The lowest BCUT2D eigenvalue weighted by atomic mass is 10.1. The smallest absolute Gasteiger partial charge is 0.0991 e. The summed E-state index contributed by atoms with van der Waals surface area (Å²) in [7, 11) is 0. The van der Waals surface area contributed by atoms with Crippen LogP contribution in [0.4, 0.5) is 0 Å². The Bertz CT molecular complexity index is 486. The zero-order valence-electron chi connectivity index (χ0n) is 13.1. The van der Waals surface area contributed by atoms with E-state index in [1.54, 1.807) is 12.1 Å². The van der Waals surface area contributed by atoms with Crippen molar-refractivity contribution in [2.24, 2.45) is 0 Å². The Labute approximate surface area is 132 Å². The summed E-state index contributed by atoms with van der Waals surface area (Å²) in [5.41, 5.74) is 1.46. The highest BCUT2D eigenvalue weighted by molar-refractivity contribution is 5.32. The lowest BCUT2D eigenvalue weighted by Gasteiger charge is -2.39. The highest BCUT2D eigenvalue weighted by Gasteiger charge is 2.23. The van der Waals surface area contributed by atoms with E-state index in [2.05, 4.69) is 22.8 Å². The Hall–Kier alpha value is -1.45. The molecule has 22 heavy (non-hydrogen) atoms. The molecule has 0 amide bonds. The van der Waals surface area contributed by atoms with Gasteiger partial charge in [0.05, 0.1) is 24.3 Å². The van der Waals surface area contributed by atoms with Gasteiger partial charge in [0.15, 0.2) is 0 Å². The van der Waals surface area contributed by atoms with E-state index in [1.807, 2.05) is 12.1 Å². The number of piperazine rings is 1. The van der Waals surface area contributed by atoms with Gasteiger partial charge in [-0.05, 0) is 24.1 Å². The van der Waals surface area contributed by atoms with Crippen LogP contribution in [-0.4, -0.2) is 65.4 Å². The minimum atomic E-state index is -0.529. The van der Waals surface area contributed by atoms with Crippen molar-refractivity contribution in [1.82, 2.24) is 9.80 Å². The fourth-order valence-corrected chi connectivity index (χ4v) is 2.94. The van der Waals surface area contributed by atoms with Crippen LogP contribution in [0.25, 0.3) is 0 Å². The minimum Gasteiger partial charge on any atom is -0.395 e. The Morgan fingerprint density at radius 2 is 1.82 bits per heavy atom.